The smallest absolute Gasteiger partial charge is 0.336 e. The molecule has 0 spiro atoms. The summed E-state index contributed by atoms with van der Waals surface area (Å²) < 4.78 is 28.2. The number of rotatable bonds is 7. The van der Waals surface area contributed by atoms with Gasteiger partial charge >= 0.3 is 5.97 Å². The molecule has 1 amide bonds. The van der Waals surface area contributed by atoms with Crippen LogP contribution in [0.5, 0.6) is 0 Å². The average molecular weight is 488 g/mol. The molecule has 0 radical (unpaired) electrons. The van der Waals surface area contributed by atoms with Crippen LogP contribution in [0.4, 0.5) is 0 Å². The minimum atomic E-state index is -3.81. The Morgan fingerprint density at radius 1 is 1.18 bits per heavy atom. The highest BCUT2D eigenvalue weighted by Gasteiger charge is 2.33. The molecular formula is C25H33N3O5S. The lowest BCUT2D eigenvalue weighted by Crippen LogP contribution is -2.43. The van der Waals surface area contributed by atoms with Gasteiger partial charge in [0, 0.05) is 36.6 Å². The number of hydrogen-bond acceptors (Lipinski definition) is 5. The first-order valence-electron chi connectivity index (χ1n) is 12.1. The van der Waals surface area contributed by atoms with E-state index in [1.54, 1.807) is 6.07 Å². The number of pyridine rings is 1. The molecule has 2 N–H and O–H groups in total. The number of aromatic nitrogens is 1. The molecule has 8 nitrogen and oxygen atoms in total. The van der Waals surface area contributed by atoms with Crippen LogP contribution >= 0.6 is 0 Å². The maximum Gasteiger partial charge on any atom is 0.336 e. The summed E-state index contributed by atoms with van der Waals surface area (Å²) in [7, 11) is -3.81. The minimum Gasteiger partial charge on any atom is -0.478 e. The third-order valence-corrected chi connectivity index (χ3v) is 8.83. The first-order valence-corrected chi connectivity index (χ1v) is 13.6. The fraction of sp³-hybridized carbons (Fsp3) is 0.560. The number of carboxylic acids is 1. The molecule has 0 bridgehead atoms. The van der Waals surface area contributed by atoms with E-state index < -0.39 is 16.0 Å². The third kappa shape index (κ3) is 4.95. The standard InChI is InChI=1S/C25H33N3O5S/c1-16(2)9-12-26-24(29)17-10-13-28(14-11-17)34(32,33)18-7-8-22-20(15-18)23(25(30)31)19-5-3-4-6-21(19)27-22/h7-8,15-17H,3-6,9-14H2,1-2H3,(H,26,29)(H,30,31). The SMILES string of the molecule is CC(C)CCNC(=O)C1CCN(S(=O)(=O)c2ccc3nc4c(c(C(=O)O)c3c2)CCCC4)CC1. The zero-order valence-electron chi connectivity index (χ0n) is 19.8. The topological polar surface area (TPSA) is 117 Å². The van der Waals surface area contributed by atoms with E-state index in [9.17, 15) is 23.1 Å². The lowest BCUT2D eigenvalue weighted by Gasteiger charge is -2.30. The van der Waals surface area contributed by atoms with Crippen molar-refractivity contribution in [3.63, 3.8) is 0 Å². The van der Waals surface area contributed by atoms with Crippen molar-refractivity contribution in [1.82, 2.24) is 14.6 Å². The van der Waals surface area contributed by atoms with Gasteiger partial charge in [-0.15, -0.1) is 0 Å². The zero-order valence-corrected chi connectivity index (χ0v) is 20.7. The van der Waals surface area contributed by atoms with Gasteiger partial charge in [-0.05, 0) is 74.6 Å². The van der Waals surface area contributed by atoms with E-state index in [0.717, 1.165) is 36.9 Å². The van der Waals surface area contributed by atoms with E-state index >= 15 is 0 Å². The van der Waals surface area contributed by atoms with Crippen LogP contribution in [0.15, 0.2) is 23.1 Å². The van der Waals surface area contributed by atoms with Gasteiger partial charge in [0.1, 0.15) is 0 Å². The minimum absolute atomic E-state index is 0.00893. The Morgan fingerprint density at radius 3 is 2.56 bits per heavy atom. The van der Waals surface area contributed by atoms with Crippen LogP contribution in [0.2, 0.25) is 0 Å². The van der Waals surface area contributed by atoms with Gasteiger partial charge in [0.25, 0.3) is 0 Å². The van der Waals surface area contributed by atoms with Gasteiger partial charge in [-0.2, -0.15) is 4.31 Å². The summed E-state index contributed by atoms with van der Waals surface area (Å²) in [5, 5.41) is 13.3. The van der Waals surface area contributed by atoms with E-state index in [-0.39, 0.29) is 35.4 Å². The second-order valence-electron chi connectivity index (χ2n) is 9.76. The molecule has 2 aromatic rings. The Hall–Kier alpha value is -2.52. The highest BCUT2D eigenvalue weighted by molar-refractivity contribution is 7.89. The molecule has 1 aliphatic carbocycles. The molecule has 9 heteroatoms. The number of benzene rings is 1. The molecule has 1 aliphatic heterocycles. The van der Waals surface area contributed by atoms with E-state index in [2.05, 4.69) is 24.1 Å². The number of carbonyl (C=O) groups is 2. The zero-order chi connectivity index (χ0) is 24.5. The van der Waals surface area contributed by atoms with Crippen molar-refractivity contribution < 1.29 is 23.1 Å². The number of hydrogen-bond donors (Lipinski definition) is 2. The Balaban J connectivity index is 1.54. The van der Waals surface area contributed by atoms with Crippen LogP contribution in [0.25, 0.3) is 10.9 Å². The van der Waals surface area contributed by atoms with Crippen molar-refractivity contribution in [3.05, 3.63) is 35.0 Å². The fourth-order valence-corrected chi connectivity index (χ4v) is 6.44. The average Bonchev–Trinajstić information content (AvgIpc) is 2.81. The number of aryl methyl sites for hydroxylation is 1. The van der Waals surface area contributed by atoms with E-state index in [1.165, 1.54) is 16.4 Å². The van der Waals surface area contributed by atoms with Gasteiger partial charge in [0.2, 0.25) is 15.9 Å². The largest absolute Gasteiger partial charge is 0.478 e. The highest BCUT2D eigenvalue weighted by Crippen LogP contribution is 2.32. The Labute approximate surface area is 200 Å². The number of amides is 1. The normalized spacial score (nSPS) is 17.6. The van der Waals surface area contributed by atoms with Gasteiger partial charge in [0.05, 0.1) is 16.0 Å². The lowest BCUT2D eigenvalue weighted by molar-refractivity contribution is -0.126. The maximum atomic E-state index is 13.4. The molecule has 1 aromatic heterocycles. The Bertz CT molecular complexity index is 1200. The van der Waals surface area contributed by atoms with Gasteiger partial charge in [0.15, 0.2) is 0 Å². The van der Waals surface area contributed by atoms with E-state index in [4.69, 9.17) is 0 Å². The predicted molar refractivity (Wildman–Crippen MR) is 129 cm³/mol. The monoisotopic (exact) mass is 487 g/mol. The molecule has 1 saturated heterocycles. The van der Waals surface area contributed by atoms with Crippen LogP contribution in [-0.2, 0) is 27.7 Å². The van der Waals surface area contributed by atoms with Crippen LogP contribution in [0.3, 0.4) is 0 Å². The summed E-state index contributed by atoms with van der Waals surface area (Å²) in [5.41, 5.74) is 2.22. The summed E-state index contributed by atoms with van der Waals surface area (Å²) in [6, 6.07) is 4.58. The molecule has 2 heterocycles. The summed E-state index contributed by atoms with van der Waals surface area (Å²) in [5.74, 6) is -0.740. The number of nitrogens with one attached hydrogen (secondary N) is 1. The second-order valence-corrected chi connectivity index (χ2v) is 11.7. The molecule has 0 saturated carbocycles. The first-order chi connectivity index (χ1) is 16.2. The van der Waals surface area contributed by atoms with Gasteiger partial charge < -0.3 is 10.4 Å². The van der Waals surface area contributed by atoms with Crippen molar-refractivity contribution in [1.29, 1.82) is 0 Å². The quantitative estimate of drug-likeness (QED) is 0.618. The number of carboxylic acid groups (broad SMARTS) is 1. The molecule has 0 atom stereocenters. The van der Waals surface area contributed by atoms with Gasteiger partial charge in [-0.3, -0.25) is 9.78 Å². The molecule has 0 unspecified atom stereocenters. The fourth-order valence-electron chi connectivity index (χ4n) is 4.94. The predicted octanol–water partition coefficient (Wildman–Crippen LogP) is 3.37. The summed E-state index contributed by atoms with van der Waals surface area (Å²) in [6.45, 7) is 5.36. The van der Waals surface area contributed by atoms with Crippen molar-refractivity contribution in [2.24, 2.45) is 11.8 Å². The molecule has 1 fully saturated rings. The Kier molecular flexibility index (Phi) is 7.23. The third-order valence-electron chi connectivity index (χ3n) is 6.93. The highest BCUT2D eigenvalue weighted by atomic mass is 32.2. The second kappa shape index (κ2) is 10.00. The molecule has 2 aliphatic rings. The van der Waals surface area contributed by atoms with E-state index in [1.807, 2.05) is 0 Å². The van der Waals surface area contributed by atoms with Gasteiger partial charge in [-0.25, -0.2) is 13.2 Å². The molecule has 34 heavy (non-hydrogen) atoms. The summed E-state index contributed by atoms with van der Waals surface area (Å²) >= 11 is 0. The number of piperidine rings is 1. The number of aromatic carboxylic acids is 1. The molecule has 4 rings (SSSR count). The van der Waals surface area contributed by atoms with Crippen molar-refractivity contribution in [3.8, 4) is 0 Å². The molecule has 184 valence electrons. The lowest BCUT2D eigenvalue weighted by atomic mass is 9.90. The van der Waals surface area contributed by atoms with E-state index in [0.29, 0.717) is 42.6 Å². The number of sulfonamides is 1. The number of fused-ring (bicyclic) bond motifs is 2. The summed E-state index contributed by atoms with van der Waals surface area (Å²) in [6.07, 6.45) is 5.11. The number of nitrogens with zero attached hydrogens (tertiary/aromatic N) is 2. The van der Waals surface area contributed by atoms with Crippen LogP contribution in [0.1, 0.15) is 67.6 Å². The van der Waals surface area contributed by atoms with Crippen molar-refractivity contribution in [2.45, 2.75) is 63.7 Å². The van der Waals surface area contributed by atoms with Crippen LogP contribution in [0, 0.1) is 11.8 Å². The van der Waals surface area contributed by atoms with Crippen molar-refractivity contribution in [2.75, 3.05) is 19.6 Å². The molecule has 1 aromatic carbocycles. The van der Waals surface area contributed by atoms with Crippen molar-refractivity contribution >= 4 is 32.8 Å². The van der Waals surface area contributed by atoms with Crippen LogP contribution < -0.4 is 5.32 Å². The molecular weight excluding hydrogens is 454 g/mol. The Morgan fingerprint density at radius 2 is 1.88 bits per heavy atom. The number of carbonyl (C=O) groups excluding carboxylic acids is 1. The first kappa shape index (κ1) is 24.6. The summed E-state index contributed by atoms with van der Waals surface area (Å²) in [4.78, 5) is 29.3. The van der Waals surface area contributed by atoms with Crippen LogP contribution in [-0.4, -0.2) is 54.3 Å². The van der Waals surface area contributed by atoms with Gasteiger partial charge in [-0.1, -0.05) is 13.8 Å². The maximum absolute atomic E-state index is 13.4.